The van der Waals surface area contributed by atoms with Crippen molar-refractivity contribution in [1.82, 2.24) is 10.6 Å². The number of hydrogen-bond acceptors (Lipinski definition) is 3. The van der Waals surface area contributed by atoms with Gasteiger partial charge >= 0.3 is 0 Å². The summed E-state index contributed by atoms with van der Waals surface area (Å²) in [6.07, 6.45) is 9.27. The largest absolute Gasteiger partial charge is 0.459 e. The van der Waals surface area contributed by atoms with Gasteiger partial charge in [0.15, 0.2) is 5.76 Å². The van der Waals surface area contributed by atoms with Gasteiger partial charge in [-0.1, -0.05) is 25.7 Å². The van der Waals surface area contributed by atoms with E-state index in [-0.39, 0.29) is 23.6 Å². The quantitative estimate of drug-likeness (QED) is 0.894. The van der Waals surface area contributed by atoms with Crippen LogP contribution in [0, 0.1) is 0 Å². The van der Waals surface area contributed by atoms with Gasteiger partial charge in [-0.15, -0.1) is 0 Å². The van der Waals surface area contributed by atoms with Crippen molar-refractivity contribution in [3.05, 3.63) is 24.2 Å². The molecule has 21 heavy (non-hydrogen) atoms. The lowest BCUT2D eigenvalue weighted by atomic mass is 9.95. The summed E-state index contributed by atoms with van der Waals surface area (Å²) >= 11 is 0. The van der Waals surface area contributed by atoms with Crippen LogP contribution in [0.5, 0.6) is 0 Å². The number of furan rings is 1. The fraction of sp³-hybridized carbons (Fsp3) is 0.625. The van der Waals surface area contributed by atoms with Gasteiger partial charge in [-0.3, -0.25) is 9.59 Å². The summed E-state index contributed by atoms with van der Waals surface area (Å²) in [5.74, 6) is -0.0646. The molecule has 1 aromatic heterocycles. The van der Waals surface area contributed by atoms with Crippen molar-refractivity contribution in [2.24, 2.45) is 0 Å². The van der Waals surface area contributed by atoms with Crippen molar-refractivity contribution in [2.75, 3.05) is 0 Å². The Morgan fingerprint density at radius 1 is 1.14 bits per heavy atom. The standard InChI is InChI=1S/C16H22N2O3/c19-14(13-8-5-11-21-13)18-16(9-3-4-10-16)15(20)17-12-6-1-2-7-12/h5,8,11-12H,1-4,6-7,9-10H2,(H,17,20)(H,18,19). The van der Waals surface area contributed by atoms with Crippen molar-refractivity contribution in [3.8, 4) is 0 Å². The summed E-state index contributed by atoms with van der Waals surface area (Å²) in [7, 11) is 0. The molecule has 3 rings (SSSR count). The minimum Gasteiger partial charge on any atom is -0.459 e. The maximum absolute atomic E-state index is 12.7. The van der Waals surface area contributed by atoms with E-state index in [1.165, 1.54) is 19.1 Å². The highest BCUT2D eigenvalue weighted by molar-refractivity contribution is 5.97. The van der Waals surface area contributed by atoms with Crippen molar-refractivity contribution in [3.63, 3.8) is 0 Å². The Hall–Kier alpha value is -1.78. The van der Waals surface area contributed by atoms with Crippen LogP contribution in [0.15, 0.2) is 22.8 Å². The highest BCUT2D eigenvalue weighted by Gasteiger charge is 2.43. The Morgan fingerprint density at radius 2 is 1.86 bits per heavy atom. The molecule has 2 N–H and O–H groups in total. The van der Waals surface area contributed by atoms with Gasteiger partial charge in [0, 0.05) is 6.04 Å². The van der Waals surface area contributed by atoms with E-state index in [1.807, 2.05) is 0 Å². The Kier molecular flexibility index (Phi) is 3.99. The normalized spacial score (nSPS) is 21.3. The molecule has 0 atom stereocenters. The van der Waals surface area contributed by atoms with Crippen LogP contribution in [0.1, 0.15) is 61.9 Å². The van der Waals surface area contributed by atoms with E-state index in [9.17, 15) is 9.59 Å². The van der Waals surface area contributed by atoms with Crippen molar-refractivity contribution in [1.29, 1.82) is 0 Å². The van der Waals surface area contributed by atoms with E-state index in [0.29, 0.717) is 12.8 Å². The van der Waals surface area contributed by atoms with E-state index in [1.54, 1.807) is 12.1 Å². The number of carbonyl (C=O) groups excluding carboxylic acids is 2. The zero-order valence-corrected chi connectivity index (χ0v) is 12.2. The van der Waals surface area contributed by atoms with Crippen molar-refractivity contribution < 1.29 is 14.0 Å². The molecule has 5 heteroatoms. The van der Waals surface area contributed by atoms with E-state index < -0.39 is 5.54 Å². The Bertz CT molecular complexity index is 498. The Morgan fingerprint density at radius 3 is 2.48 bits per heavy atom. The second-order valence-corrected chi connectivity index (χ2v) is 6.18. The summed E-state index contributed by atoms with van der Waals surface area (Å²) in [4.78, 5) is 24.9. The van der Waals surface area contributed by atoms with Crippen molar-refractivity contribution >= 4 is 11.8 Å². The van der Waals surface area contributed by atoms with Crippen LogP contribution in [-0.2, 0) is 4.79 Å². The predicted octanol–water partition coefficient (Wildman–Crippen LogP) is 2.38. The summed E-state index contributed by atoms with van der Waals surface area (Å²) in [5, 5.41) is 6.05. The summed E-state index contributed by atoms with van der Waals surface area (Å²) in [5.41, 5.74) is -0.757. The molecule has 5 nitrogen and oxygen atoms in total. The third-order valence-corrected chi connectivity index (χ3v) is 4.68. The molecule has 2 aliphatic rings. The van der Waals surface area contributed by atoms with E-state index in [0.717, 1.165) is 25.7 Å². The van der Waals surface area contributed by atoms with E-state index in [2.05, 4.69) is 10.6 Å². The van der Waals surface area contributed by atoms with Crippen LogP contribution in [0.4, 0.5) is 0 Å². The number of amides is 2. The molecule has 2 fully saturated rings. The zero-order chi connectivity index (χ0) is 14.7. The molecule has 2 saturated carbocycles. The Labute approximate surface area is 124 Å². The molecule has 1 heterocycles. The first-order chi connectivity index (χ1) is 10.2. The molecule has 1 aromatic rings. The molecule has 0 saturated heterocycles. The number of hydrogen-bond donors (Lipinski definition) is 2. The fourth-order valence-electron chi connectivity index (χ4n) is 3.47. The number of carbonyl (C=O) groups is 2. The molecule has 0 unspecified atom stereocenters. The molecule has 0 aromatic carbocycles. The van der Waals surface area contributed by atoms with Gasteiger partial charge in [0.1, 0.15) is 5.54 Å². The lowest BCUT2D eigenvalue weighted by Gasteiger charge is -2.30. The maximum atomic E-state index is 12.7. The number of nitrogens with one attached hydrogen (secondary N) is 2. The number of rotatable bonds is 4. The topological polar surface area (TPSA) is 71.3 Å². The first-order valence-electron chi connectivity index (χ1n) is 7.87. The van der Waals surface area contributed by atoms with Crippen molar-refractivity contribution in [2.45, 2.75) is 62.9 Å². The van der Waals surface area contributed by atoms with Gasteiger partial charge in [-0.2, -0.15) is 0 Å². The molecule has 114 valence electrons. The lowest BCUT2D eigenvalue weighted by Crippen LogP contribution is -2.58. The average molecular weight is 290 g/mol. The van der Waals surface area contributed by atoms with Crippen LogP contribution in [0.3, 0.4) is 0 Å². The van der Waals surface area contributed by atoms with E-state index in [4.69, 9.17) is 4.42 Å². The van der Waals surface area contributed by atoms with Crippen LogP contribution in [-0.4, -0.2) is 23.4 Å². The van der Waals surface area contributed by atoms with Gasteiger partial charge < -0.3 is 15.1 Å². The minimum absolute atomic E-state index is 0.0215. The van der Waals surface area contributed by atoms with Crippen LogP contribution in [0.2, 0.25) is 0 Å². The van der Waals surface area contributed by atoms with Crippen LogP contribution < -0.4 is 10.6 Å². The second kappa shape index (κ2) is 5.92. The SMILES string of the molecule is O=C(NC1(C(=O)NC2CCCC2)CCCC1)c1ccco1. The smallest absolute Gasteiger partial charge is 0.287 e. The van der Waals surface area contributed by atoms with Gasteiger partial charge in [0.2, 0.25) is 5.91 Å². The molecule has 0 radical (unpaired) electrons. The molecule has 2 aliphatic carbocycles. The minimum atomic E-state index is -0.757. The zero-order valence-electron chi connectivity index (χ0n) is 12.2. The molecular formula is C16H22N2O3. The van der Waals surface area contributed by atoms with E-state index >= 15 is 0 Å². The molecule has 0 spiro atoms. The summed E-state index contributed by atoms with van der Waals surface area (Å²) < 4.78 is 5.12. The molecule has 0 bridgehead atoms. The molecular weight excluding hydrogens is 268 g/mol. The highest BCUT2D eigenvalue weighted by Crippen LogP contribution is 2.31. The van der Waals surface area contributed by atoms with Gasteiger partial charge in [-0.25, -0.2) is 0 Å². The van der Waals surface area contributed by atoms with Crippen LogP contribution >= 0.6 is 0 Å². The third-order valence-electron chi connectivity index (χ3n) is 4.68. The fourth-order valence-corrected chi connectivity index (χ4v) is 3.47. The third kappa shape index (κ3) is 2.96. The first kappa shape index (κ1) is 14.2. The van der Waals surface area contributed by atoms with Gasteiger partial charge in [-0.05, 0) is 37.8 Å². The van der Waals surface area contributed by atoms with Gasteiger partial charge in [0.05, 0.1) is 6.26 Å². The average Bonchev–Trinajstić information content (AvgIpc) is 3.22. The maximum Gasteiger partial charge on any atom is 0.287 e. The first-order valence-corrected chi connectivity index (χ1v) is 7.87. The molecule has 0 aliphatic heterocycles. The van der Waals surface area contributed by atoms with Gasteiger partial charge in [0.25, 0.3) is 5.91 Å². The highest BCUT2D eigenvalue weighted by atomic mass is 16.3. The predicted molar refractivity (Wildman–Crippen MR) is 77.8 cm³/mol. The van der Waals surface area contributed by atoms with Crippen LogP contribution in [0.25, 0.3) is 0 Å². The molecule has 2 amide bonds. The summed E-state index contributed by atoms with van der Waals surface area (Å²) in [6, 6.07) is 3.57. The summed E-state index contributed by atoms with van der Waals surface area (Å²) in [6.45, 7) is 0. The lowest BCUT2D eigenvalue weighted by molar-refractivity contribution is -0.127. The Balaban J connectivity index is 1.69. The monoisotopic (exact) mass is 290 g/mol. The second-order valence-electron chi connectivity index (χ2n) is 6.18.